The lowest BCUT2D eigenvalue weighted by molar-refractivity contribution is 0.683. The van der Waals surface area contributed by atoms with Gasteiger partial charge in [0.25, 0.3) is 0 Å². The Morgan fingerprint density at radius 3 is 2.00 bits per heavy atom. The molecule has 0 N–H and O–H groups in total. The molecular weight excluding hydrogens is 406 g/mol. The molecule has 1 nitrogen and oxygen atoms in total. The van der Waals surface area contributed by atoms with Gasteiger partial charge in [0.15, 0.2) is 0 Å². The van der Waals surface area contributed by atoms with E-state index in [4.69, 9.17) is 4.99 Å². The fourth-order valence-corrected chi connectivity index (χ4v) is 4.35. The predicted molar refractivity (Wildman–Crippen MR) is 143 cm³/mol. The van der Waals surface area contributed by atoms with Crippen LogP contribution in [0.1, 0.15) is 50.2 Å². The van der Waals surface area contributed by atoms with Crippen LogP contribution in [0.2, 0.25) is 0 Å². The van der Waals surface area contributed by atoms with E-state index in [9.17, 15) is 0 Å². The summed E-state index contributed by atoms with van der Waals surface area (Å²) in [5, 5.41) is 0. The number of nitrogens with zero attached hydrogens (tertiary/aromatic N) is 1. The molecule has 2 heteroatoms. The van der Waals surface area contributed by atoms with Gasteiger partial charge in [-0.3, -0.25) is 4.99 Å². The molecule has 32 heavy (non-hydrogen) atoms. The van der Waals surface area contributed by atoms with E-state index < -0.39 is 0 Å². The van der Waals surface area contributed by atoms with Gasteiger partial charge in [0.05, 0.1) is 6.54 Å². The molecule has 0 heterocycles. The summed E-state index contributed by atoms with van der Waals surface area (Å²) < 4.78 is 0. The van der Waals surface area contributed by atoms with E-state index in [1.165, 1.54) is 29.1 Å². The number of benzene rings is 3. The summed E-state index contributed by atoms with van der Waals surface area (Å²) in [4.78, 5) is 7.45. The molecule has 3 aromatic rings. The summed E-state index contributed by atoms with van der Waals surface area (Å²) in [7, 11) is 0. The zero-order valence-electron chi connectivity index (χ0n) is 19.1. The molecule has 0 fully saturated rings. The van der Waals surface area contributed by atoms with Gasteiger partial charge in [0, 0.05) is 15.5 Å². The first-order chi connectivity index (χ1) is 15.7. The number of aliphatic imine (C=N–C) groups is 1. The van der Waals surface area contributed by atoms with E-state index in [0.717, 1.165) is 40.8 Å². The van der Waals surface area contributed by atoms with Crippen molar-refractivity contribution in [1.82, 2.24) is 0 Å². The minimum absolute atomic E-state index is 0.605. The van der Waals surface area contributed by atoms with Crippen LogP contribution in [-0.2, 0) is 0 Å². The van der Waals surface area contributed by atoms with Gasteiger partial charge in [0.1, 0.15) is 0 Å². The summed E-state index contributed by atoms with van der Waals surface area (Å²) >= 11 is 1.78. The molecular formula is C30H33NS. The third-order valence-electron chi connectivity index (χ3n) is 5.44. The summed E-state index contributed by atoms with van der Waals surface area (Å²) in [6.07, 6.45) is 5.84. The Morgan fingerprint density at radius 1 is 0.719 bits per heavy atom. The van der Waals surface area contributed by atoms with Crippen molar-refractivity contribution in [2.24, 2.45) is 4.99 Å². The van der Waals surface area contributed by atoms with Crippen molar-refractivity contribution in [1.29, 1.82) is 0 Å². The summed E-state index contributed by atoms with van der Waals surface area (Å²) in [6, 6.07) is 29.5. The molecule has 0 unspecified atom stereocenters. The van der Waals surface area contributed by atoms with Crippen LogP contribution in [0.4, 0.5) is 0 Å². The average Bonchev–Trinajstić information content (AvgIpc) is 2.84. The molecule has 0 bridgehead atoms. The van der Waals surface area contributed by atoms with Crippen molar-refractivity contribution in [3.05, 3.63) is 109 Å². The van der Waals surface area contributed by atoms with E-state index in [2.05, 4.69) is 80.7 Å². The Balaban J connectivity index is 1.71. The third kappa shape index (κ3) is 7.39. The summed E-state index contributed by atoms with van der Waals surface area (Å²) in [6.45, 7) is 11.5. The van der Waals surface area contributed by atoms with Gasteiger partial charge >= 0.3 is 0 Å². The molecule has 0 aromatic heterocycles. The molecule has 0 aliphatic carbocycles. The lowest BCUT2D eigenvalue weighted by Gasteiger charge is -2.12. The van der Waals surface area contributed by atoms with Gasteiger partial charge in [-0.25, -0.2) is 0 Å². The van der Waals surface area contributed by atoms with Crippen LogP contribution in [0, 0.1) is 0 Å². The van der Waals surface area contributed by atoms with Crippen molar-refractivity contribution < 1.29 is 0 Å². The normalized spacial score (nSPS) is 11.3. The Hall–Kier alpha value is -2.84. The first-order valence-electron chi connectivity index (χ1n) is 11.5. The number of hydrogen-bond donors (Lipinski definition) is 0. The minimum atomic E-state index is 0.605. The topological polar surface area (TPSA) is 12.4 Å². The quantitative estimate of drug-likeness (QED) is 0.203. The first kappa shape index (κ1) is 23.8. The van der Waals surface area contributed by atoms with Crippen molar-refractivity contribution in [2.45, 2.75) is 48.8 Å². The second-order valence-electron chi connectivity index (χ2n) is 7.96. The zero-order chi connectivity index (χ0) is 22.6. The second-order valence-corrected chi connectivity index (χ2v) is 9.11. The van der Waals surface area contributed by atoms with Gasteiger partial charge in [-0.15, -0.1) is 0 Å². The SMILES string of the molecule is C=C(CN=C(CCCCCC)C(=C)c1ccc(Sc2ccccc2)cc1)c1ccccc1. The monoisotopic (exact) mass is 439 g/mol. The number of unbranched alkanes of at least 4 members (excludes halogenated alkanes) is 3. The fraction of sp³-hybridized carbons (Fsp3) is 0.233. The number of allylic oxidation sites excluding steroid dienone is 1. The molecule has 0 saturated carbocycles. The van der Waals surface area contributed by atoms with Crippen LogP contribution < -0.4 is 0 Å². The van der Waals surface area contributed by atoms with Crippen LogP contribution in [0.15, 0.2) is 113 Å². The Morgan fingerprint density at radius 2 is 1.34 bits per heavy atom. The standard InChI is InChI=1S/C30H33NS/c1-4-5-6-13-18-30(31-23-24(2)26-14-9-7-10-15-26)25(3)27-19-21-29(22-20-27)32-28-16-11-8-12-17-28/h7-12,14-17,19-22H,2-6,13,18,23H2,1H3. The van der Waals surface area contributed by atoms with Crippen molar-refractivity contribution >= 4 is 28.6 Å². The lowest BCUT2D eigenvalue weighted by atomic mass is 9.98. The maximum Gasteiger partial charge on any atom is 0.0643 e. The highest BCUT2D eigenvalue weighted by molar-refractivity contribution is 7.99. The van der Waals surface area contributed by atoms with Crippen molar-refractivity contribution in [3.63, 3.8) is 0 Å². The third-order valence-corrected chi connectivity index (χ3v) is 6.46. The van der Waals surface area contributed by atoms with Gasteiger partial charge in [-0.1, -0.05) is 112 Å². The Kier molecular flexibility index (Phi) is 9.59. The van der Waals surface area contributed by atoms with E-state index in [-0.39, 0.29) is 0 Å². The molecule has 0 atom stereocenters. The first-order valence-corrected chi connectivity index (χ1v) is 12.3. The van der Waals surface area contributed by atoms with Crippen LogP contribution in [0.5, 0.6) is 0 Å². The van der Waals surface area contributed by atoms with Crippen molar-refractivity contribution in [2.75, 3.05) is 6.54 Å². The maximum atomic E-state index is 4.98. The minimum Gasteiger partial charge on any atom is -0.284 e. The van der Waals surface area contributed by atoms with Gasteiger partial charge < -0.3 is 0 Å². The highest BCUT2D eigenvalue weighted by Crippen LogP contribution is 2.29. The van der Waals surface area contributed by atoms with Crippen LogP contribution in [-0.4, -0.2) is 12.3 Å². The van der Waals surface area contributed by atoms with Crippen LogP contribution >= 0.6 is 11.8 Å². The molecule has 3 aromatic carbocycles. The van der Waals surface area contributed by atoms with E-state index >= 15 is 0 Å². The van der Waals surface area contributed by atoms with Gasteiger partial charge in [-0.2, -0.15) is 0 Å². The Labute approximate surface area is 198 Å². The predicted octanol–water partition coefficient (Wildman–Crippen LogP) is 8.98. The van der Waals surface area contributed by atoms with E-state index in [0.29, 0.717) is 6.54 Å². The van der Waals surface area contributed by atoms with Gasteiger partial charge in [0.2, 0.25) is 0 Å². The molecule has 3 rings (SSSR count). The molecule has 0 amide bonds. The average molecular weight is 440 g/mol. The number of rotatable bonds is 12. The fourth-order valence-electron chi connectivity index (χ4n) is 3.52. The lowest BCUT2D eigenvalue weighted by Crippen LogP contribution is -2.04. The maximum absolute atomic E-state index is 4.98. The summed E-state index contributed by atoms with van der Waals surface area (Å²) in [5.41, 5.74) is 5.45. The van der Waals surface area contributed by atoms with Crippen LogP contribution in [0.3, 0.4) is 0 Å². The molecule has 164 valence electrons. The summed E-state index contributed by atoms with van der Waals surface area (Å²) in [5.74, 6) is 0. The molecule has 0 spiro atoms. The Bertz CT molecular complexity index is 1020. The molecule has 0 aliphatic rings. The van der Waals surface area contributed by atoms with Crippen molar-refractivity contribution in [3.8, 4) is 0 Å². The molecule has 0 saturated heterocycles. The highest BCUT2D eigenvalue weighted by Gasteiger charge is 2.09. The molecule has 0 radical (unpaired) electrons. The van der Waals surface area contributed by atoms with E-state index in [1.807, 2.05) is 24.3 Å². The van der Waals surface area contributed by atoms with Crippen LogP contribution in [0.25, 0.3) is 11.1 Å². The zero-order valence-corrected chi connectivity index (χ0v) is 19.9. The van der Waals surface area contributed by atoms with Gasteiger partial charge in [-0.05, 0) is 59.4 Å². The molecule has 0 aliphatic heterocycles. The second kappa shape index (κ2) is 12.9. The van der Waals surface area contributed by atoms with E-state index in [1.54, 1.807) is 11.8 Å². The smallest absolute Gasteiger partial charge is 0.0643 e. The largest absolute Gasteiger partial charge is 0.284 e. The number of hydrogen-bond acceptors (Lipinski definition) is 2. The highest BCUT2D eigenvalue weighted by atomic mass is 32.2.